The number of thioether (sulfide) groups is 1. The van der Waals surface area contributed by atoms with E-state index in [1.54, 1.807) is 24.9 Å². The van der Waals surface area contributed by atoms with E-state index in [0.717, 1.165) is 42.7 Å². The van der Waals surface area contributed by atoms with Crippen molar-refractivity contribution >= 4 is 47.6 Å². The molecule has 27 heavy (non-hydrogen) atoms. The van der Waals surface area contributed by atoms with Crippen LogP contribution in [0.25, 0.3) is 0 Å². The topological polar surface area (TPSA) is 65.5 Å². The summed E-state index contributed by atoms with van der Waals surface area (Å²) in [7, 11) is 1.72. The molecule has 1 aromatic carbocycles. The molecule has 5 nitrogen and oxygen atoms in total. The maximum atomic E-state index is 13.4. The van der Waals surface area contributed by atoms with Crippen LogP contribution >= 0.6 is 35.7 Å². The largest absolute Gasteiger partial charge is 0.356 e. The first kappa shape index (κ1) is 24.0. The summed E-state index contributed by atoms with van der Waals surface area (Å²) in [5.74, 6) is 1.71. The molecule has 1 amide bonds. The van der Waals surface area contributed by atoms with Gasteiger partial charge >= 0.3 is 0 Å². The summed E-state index contributed by atoms with van der Waals surface area (Å²) in [6.45, 7) is 2.00. The Morgan fingerprint density at radius 1 is 1.22 bits per heavy atom. The lowest BCUT2D eigenvalue weighted by molar-refractivity contribution is -0.127. The van der Waals surface area contributed by atoms with E-state index < -0.39 is 0 Å². The Hall–Kier alpha value is -1.03. The Kier molecular flexibility index (Phi) is 11.7. The van der Waals surface area contributed by atoms with Gasteiger partial charge in [-0.05, 0) is 48.8 Å². The highest BCUT2D eigenvalue weighted by molar-refractivity contribution is 14.0. The van der Waals surface area contributed by atoms with E-state index in [1.807, 2.05) is 12.3 Å². The Morgan fingerprint density at radius 3 is 2.59 bits per heavy atom. The zero-order valence-electron chi connectivity index (χ0n) is 16.0. The molecule has 1 aliphatic carbocycles. The number of halogens is 2. The fourth-order valence-electron chi connectivity index (χ4n) is 2.78. The Morgan fingerprint density at radius 2 is 1.96 bits per heavy atom. The molecule has 0 spiro atoms. The number of guanidine groups is 1. The van der Waals surface area contributed by atoms with Crippen molar-refractivity contribution in [1.82, 2.24) is 16.0 Å². The highest BCUT2D eigenvalue weighted by Crippen LogP contribution is 2.26. The molecule has 0 radical (unpaired) electrons. The van der Waals surface area contributed by atoms with Crippen LogP contribution in [-0.4, -0.2) is 38.3 Å². The molecule has 1 aliphatic rings. The van der Waals surface area contributed by atoms with Gasteiger partial charge in [0.05, 0.1) is 0 Å². The molecule has 0 atom stereocenters. The molecule has 1 saturated carbocycles. The van der Waals surface area contributed by atoms with E-state index in [9.17, 15) is 9.18 Å². The molecule has 3 N–H and O–H groups in total. The quantitative estimate of drug-likeness (QED) is 0.207. The second kappa shape index (κ2) is 13.2. The third kappa shape index (κ3) is 8.25. The standard InChI is InChI=1S/C19H29FN4OS.HI/c1-21-19(23-10-4-9-22-18(25)14-5-3-6-14)24-12-15-7-8-17(20)11-16(15)13-26-2;/h7-8,11,14H,3-6,9-10,12-13H2,1-2H3,(H,22,25)(H2,21,23,24);1H. The summed E-state index contributed by atoms with van der Waals surface area (Å²) in [5.41, 5.74) is 2.07. The third-order valence-electron chi connectivity index (χ3n) is 4.56. The summed E-state index contributed by atoms with van der Waals surface area (Å²) in [6, 6.07) is 4.90. The van der Waals surface area contributed by atoms with Gasteiger partial charge in [-0.2, -0.15) is 11.8 Å². The van der Waals surface area contributed by atoms with Crippen molar-refractivity contribution in [3.05, 3.63) is 35.1 Å². The van der Waals surface area contributed by atoms with Crippen molar-refractivity contribution in [2.24, 2.45) is 10.9 Å². The Labute approximate surface area is 182 Å². The average Bonchev–Trinajstić information content (AvgIpc) is 2.57. The number of rotatable bonds is 9. The van der Waals surface area contributed by atoms with E-state index in [0.29, 0.717) is 19.0 Å². The number of benzene rings is 1. The van der Waals surface area contributed by atoms with E-state index in [1.165, 1.54) is 12.5 Å². The second-order valence-corrected chi connectivity index (χ2v) is 7.34. The van der Waals surface area contributed by atoms with Crippen molar-refractivity contribution in [2.75, 3.05) is 26.4 Å². The molecule has 0 heterocycles. The molecule has 1 aromatic rings. The molecule has 0 aromatic heterocycles. The van der Waals surface area contributed by atoms with Crippen LogP contribution in [0.2, 0.25) is 0 Å². The molecule has 152 valence electrons. The fourth-order valence-corrected chi connectivity index (χ4v) is 3.36. The SMILES string of the molecule is CN=C(NCCCNC(=O)C1CCC1)NCc1ccc(F)cc1CSC.I. The summed E-state index contributed by atoms with van der Waals surface area (Å²) >= 11 is 1.67. The highest BCUT2D eigenvalue weighted by atomic mass is 127. The lowest BCUT2D eigenvalue weighted by Crippen LogP contribution is -2.39. The normalized spacial score (nSPS) is 14.1. The van der Waals surface area contributed by atoms with Crippen molar-refractivity contribution in [3.8, 4) is 0 Å². The second-order valence-electron chi connectivity index (χ2n) is 6.47. The molecule has 2 rings (SSSR count). The zero-order valence-corrected chi connectivity index (χ0v) is 19.2. The average molecular weight is 508 g/mol. The molecular formula is C19H30FIN4OS. The predicted octanol–water partition coefficient (Wildman–Crippen LogP) is 3.28. The number of amides is 1. The fraction of sp³-hybridized carbons (Fsp3) is 0.579. The van der Waals surface area contributed by atoms with E-state index in [2.05, 4.69) is 20.9 Å². The van der Waals surface area contributed by atoms with Gasteiger partial charge in [0.1, 0.15) is 5.82 Å². The van der Waals surface area contributed by atoms with Crippen LogP contribution in [0.15, 0.2) is 23.2 Å². The molecule has 0 unspecified atom stereocenters. The number of hydrogen-bond acceptors (Lipinski definition) is 3. The smallest absolute Gasteiger partial charge is 0.223 e. The van der Waals surface area contributed by atoms with Gasteiger partial charge in [0, 0.05) is 38.4 Å². The first-order chi connectivity index (χ1) is 12.6. The minimum absolute atomic E-state index is 0. The molecule has 8 heteroatoms. The highest BCUT2D eigenvalue weighted by Gasteiger charge is 2.24. The molecule has 1 fully saturated rings. The number of aliphatic imine (C=N–C) groups is 1. The van der Waals surface area contributed by atoms with Crippen molar-refractivity contribution in [2.45, 2.75) is 38.0 Å². The maximum Gasteiger partial charge on any atom is 0.223 e. The summed E-state index contributed by atoms with van der Waals surface area (Å²) in [6.07, 6.45) is 6.08. The molecule has 0 aliphatic heterocycles. The summed E-state index contributed by atoms with van der Waals surface area (Å²) in [5, 5.41) is 9.49. The Bertz CT molecular complexity index is 626. The summed E-state index contributed by atoms with van der Waals surface area (Å²) < 4.78 is 13.4. The number of hydrogen-bond donors (Lipinski definition) is 3. The lowest BCUT2D eigenvalue weighted by atomic mass is 9.85. The Balaban J connectivity index is 0.00000364. The minimum Gasteiger partial charge on any atom is -0.356 e. The van der Waals surface area contributed by atoms with Gasteiger partial charge in [0.25, 0.3) is 0 Å². The van der Waals surface area contributed by atoms with E-state index in [-0.39, 0.29) is 41.6 Å². The summed E-state index contributed by atoms with van der Waals surface area (Å²) in [4.78, 5) is 16.0. The van der Waals surface area contributed by atoms with Crippen LogP contribution in [-0.2, 0) is 17.1 Å². The molecule has 0 bridgehead atoms. The predicted molar refractivity (Wildman–Crippen MR) is 122 cm³/mol. The van der Waals surface area contributed by atoms with Crippen LogP contribution < -0.4 is 16.0 Å². The number of carbonyl (C=O) groups is 1. The minimum atomic E-state index is -0.204. The van der Waals surface area contributed by atoms with Crippen LogP contribution in [0, 0.1) is 11.7 Å². The van der Waals surface area contributed by atoms with Gasteiger partial charge in [-0.15, -0.1) is 24.0 Å². The van der Waals surface area contributed by atoms with Crippen LogP contribution in [0.5, 0.6) is 0 Å². The number of carbonyl (C=O) groups excluding carboxylic acids is 1. The van der Waals surface area contributed by atoms with Crippen molar-refractivity contribution in [3.63, 3.8) is 0 Å². The van der Waals surface area contributed by atoms with Crippen molar-refractivity contribution < 1.29 is 9.18 Å². The van der Waals surface area contributed by atoms with E-state index in [4.69, 9.17) is 0 Å². The van der Waals surface area contributed by atoms with Gasteiger partial charge in [-0.3, -0.25) is 9.79 Å². The number of nitrogens with zero attached hydrogens (tertiary/aromatic N) is 1. The van der Waals surface area contributed by atoms with Crippen LogP contribution in [0.4, 0.5) is 4.39 Å². The third-order valence-corrected chi connectivity index (χ3v) is 5.16. The van der Waals surface area contributed by atoms with Gasteiger partial charge in [-0.1, -0.05) is 12.5 Å². The maximum absolute atomic E-state index is 13.4. The zero-order chi connectivity index (χ0) is 18.8. The van der Waals surface area contributed by atoms with E-state index >= 15 is 0 Å². The number of nitrogens with one attached hydrogen (secondary N) is 3. The first-order valence-corrected chi connectivity index (χ1v) is 10.5. The van der Waals surface area contributed by atoms with Gasteiger partial charge in [-0.25, -0.2) is 4.39 Å². The van der Waals surface area contributed by atoms with Gasteiger partial charge in [0.2, 0.25) is 5.91 Å². The van der Waals surface area contributed by atoms with Crippen LogP contribution in [0.1, 0.15) is 36.8 Å². The van der Waals surface area contributed by atoms with Gasteiger partial charge < -0.3 is 16.0 Å². The molecule has 0 saturated heterocycles. The lowest BCUT2D eigenvalue weighted by Gasteiger charge is -2.24. The van der Waals surface area contributed by atoms with Gasteiger partial charge in [0.15, 0.2) is 5.96 Å². The monoisotopic (exact) mass is 508 g/mol. The van der Waals surface area contributed by atoms with Crippen LogP contribution in [0.3, 0.4) is 0 Å². The first-order valence-electron chi connectivity index (χ1n) is 9.12. The van der Waals surface area contributed by atoms with Crippen molar-refractivity contribution in [1.29, 1.82) is 0 Å². The molecular weight excluding hydrogens is 478 g/mol.